The van der Waals surface area contributed by atoms with E-state index in [4.69, 9.17) is 0 Å². The number of nitrogens with one attached hydrogen (secondary N) is 1. The monoisotopic (exact) mass is 365 g/mol. The van der Waals surface area contributed by atoms with Crippen molar-refractivity contribution in [1.29, 1.82) is 0 Å². The Balaban J connectivity index is 1.29. The molecule has 1 aliphatic rings. The van der Waals surface area contributed by atoms with Crippen LogP contribution in [0.25, 0.3) is 10.2 Å². The van der Waals surface area contributed by atoms with Gasteiger partial charge in [-0.15, -0.1) is 11.3 Å². The van der Waals surface area contributed by atoms with Crippen molar-refractivity contribution >= 4 is 27.5 Å². The lowest BCUT2D eigenvalue weighted by molar-refractivity contribution is -0.126. The van der Waals surface area contributed by atoms with Crippen LogP contribution in [0.1, 0.15) is 22.6 Å². The van der Waals surface area contributed by atoms with Gasteiger partial charge in [-0.2, -0.15) is 0 Å². The quantitative estimate of drug-likeness (QED) is 0.705. The van der Waals surface area contributed by atoms with Gasteiger partial charge < -0.3 is 5.32 Å². The highest BCUT2D eigenvalue weighted by Crippen LogP contribution is 2.23. The fourth-order valence-corrected chi connectivity index (χ4v) is 4.55. The number of nitrogens with zero attached hydrogens (tertiary/aromatic N) is 2. The fourth-order valence-electron chi connectivity index (χ4n) is 3.54. The molecule has 0 aliphatic carbocycles. The van der Waals surface area contributed by atoms with E-state index in [0.717, 1.165) is 36.3 Å². The van der Waals surface area contributed by atoms with Crippen LogP contribution in [0.5, 0.6) is 0 Å². The molecule has 0 fully saturated rings. The lowest BCUT2D eigenvalue weighted by Gasteiger charge is -2.33. The predicted octanol–water partition coefficient (Wildman–Crippen LogP) is 3.40. The Hall–Kier alpha value is -2.24. The fraction of sp³-hybridized carbons (Fsp3) is 0.333. The number of para-hydroxylation sites is 1. The molecular weight excluding hydrogens is 342 g/mol. The predicted molar refractivity (Wildman–Crippen MR) is 106 cm³/mol. The number of aryl methyl sites for hydroxylation is 1. The van der Waals surface area contributed by atoms with Gasteiger partial charge in [0.1, 0.15) is 0 Å². The first-order chi connectivity index (χ1) is 12.7. The molecule has 2 heterocycles. The Kier molecular flexibility index (Phi) is 5.00. The van der Waals surface area contributed by atoms with Crippen LogP contribution in [-0.4, -0.2) is 35.4 Å². The van der Waals surface area contributed by atoms with Crippen LogP contribution < -0.4 is 5.32 Å². The van der Waals surface area contributed by atoms with E-state index >= 15 is 0 Å². The molecule has 1 N–H and O–H groups in total. The number of benzene rings is 2. The molecule has 0 spiro atoms. The molecular formula is C21H23N3OS. The summed E-state index contributed by atoms with van der Waals surface area (Å²) in [5, 5.41) is 4.26. The molecule has 3 aromatic rings. The largest absolute Gasteiger partial charge is 0.355 e. The average Bonchev–Trinajstić information content (AvgIpc) is 3.07. The molecule has 0 radical (unpaired) electrons. The van der Waals surface area contributed by atoms with Crippen molar-refractivity contribution in [3.05, 3.63) is 64.7 Å². The van der Waals surface area contributed by atoms with Crippen LogP contribution in [-0.2, 0) is 24.2 Å². The summed E-state index contributed by atoms with van der Waals surface area (Å²) in [5.74, 6) is 0.131. The van der Waals surface area contributed by atoms with Crippen LogP contribution in [0.2, 0.25) is 0 Å². The third-order valence-electron chi connectivity index (χ3n) is 4.99. The first-order valence-electron chi connectivity index (χ1n) is 9.10. The second-order valence-electron chi connectivity index (χ2n) is 6.87. The Morgan fingerprint density at radius 3 is 2.81 bits per heavy atom. The van der Waals surface area contributed by atoms with E-state index in [1.807, 2.05) is 25.2 Å². The molecule has 134 valence electrons. The van der Waals surface area contributed by atoms with Crippen LogP contribution in [0.4, 0.5) is 0 Å². The van der Waals surface area contributed by atoms with E-state index in [2.05, 4.69) is 45.5 Å². The molecule has 1 unspecified atom stereocenters. The molecule has 1 amide bonds. The number of carbonyl (C=O) groups excluding carboxylic acids is 1. The average molecular weight is 366 g/mol. The van der Waals surface area contributed by atoms with Crippen molar-refractivity contribution in [3.8, 4) is 0 Å². The van der Waals surface area contributed by atoms with Crippen molar-refractivity contribution < 1.29 is 4.79 Å². The van der Waals surface area contributed by atoms with Gasteiger partial charge in [0.2, 0.25) is 5.91 Å². The van der Waals surface area contributed by atoms with E-state index < -0.39 is 0 Å². The summed E-state index contributed by atoms with van der Waals surface area (Å²) in [4.78, 5) is 19.4. The van der Waals surface area contributed by atoms with Crippen LogP contribution >= 0.6 is 11.3 Å². The van der Waals surface area contributed by atoms with Gasteiger partial charge >= 0.3 is 0 Å². The van der Waals surface area contributed by atoms with Crippen molar-refractivity contribution in [2.45, 2.75) is 31.8 Å². The highest BCUT2D eigenvalue weighted by atomic mass is 32.1. The molecule has 1 aliphatic heterocycles. The van der Waals surface area contributed by atoms with Crippen LogP contribution in [0.15, 0.2) is 48.5 Å². The second kappa shape index (κ2) is 7.56. The number of hydrogen-bond donors (Lipinski definition) is 1. The number of rotatable bonds is 5. The molecule has 1 aromatic heterocycles. The van der Waals surface area contributed by atoms with E-state index in [1.54, 1.807) is 11.3 Å². The third-order valence-corrected chi connectivity index (χ3v) is 6.09. The zero-order valence-corrected chi connectivity index (χ0v) is 15.8. The van der Waals surface area contributed by atoms with E-state index in [1.165, 1.54) is 15.8 Å². The van der Waals surface area contributed by atoms with Crippen LogP contribution in [0.3, 0.4) is 0 Å². The van der Waals surface area contributed by atoms with E-state index in [0.29, 0.717) is 6.54 Å². The smallest absolute Gasteiger partial charge is 0.237 e. The molecule has 4 rings (SSSR count). The minimum Gasteiger partial charge on any atom is -0.355 e. The number of likely N-dealkylation sites (N-methyl/N-ethyl adjacent to an activating group) is 1. The van der Waals surface area contributed by atoms with Gasteiger partial charge in [-0.3, -0.25) is 9.69 Å². The third kappa shape index (κ3) is 3.64. The van der Waals surface area contributed by atoms with Gasteiger partial charge in [0.15, 0.2) is 0 Å². The minimum atomic E-state index is -0.0765. The number of amides is 1. The molecule has 0 saturated heterocycles. The van der Waals surface area contributed by atoms with Gasteiger partial charge in [0.25, 0.3) is 0 Å². The van der Waals surface area contributed by atoms with Gasteiger partial charge in [-0.05, 0) is 43.1 Å². The topological polar surface area (TPSA) is 45.2 Å². The number of hydrogen-bond acceptors (Lipinski definition) is 4. The zero-order chi connectivity index (χ0) is 17.9. The maximum Gasteiger partial charge on any atom is 0.237 e. The normalized spacial score (nSPS) is 17.2. The summed E-state index contributed by atoms with van der Waals surface area (Å²) in [7, 11) is 2.03. The summed E-state index contributed by atoms with van der Waals surface area (Å²) in [6.07, 6.45) is 2.61. The summed E-state index contributed by atoms with van der Waals surface area (Å²) in [6, 6.07) is 16.5. The van der Waals surface area contributed by atoms with Gasteiger partial charge in [0.05, 0.1) is 21.3 Å². The van der Waals surface area contributed by atoms with Gasteiger partial charge in [0, 0.05) is 19.5 Å². The molecule has 4 nitrogen and oxygen atoms in total. The first-order valence-corrected chi connectivity index (χ1v) is 9.91. The minimum absolute atomic E-state index is 0.0765. The number of carbonyl (C=O) groups is 1. The van der Waals surface area contributed by atoms with Crippen molar-refractivity contribution in [3.63, 3.8) is 0 Å². The molecule has 0 saturated carbocycles. The molecule has 2 aromatic carbocycles. The number of thiazole rings is 1. The maximum atomic E-state index is 12.6. The summed E-state index contributed by atoms with van der Waals surface area (Å²) in [5.41, 5.74) is 3.69. The Bertz CT molecular complexity index is 887. The van der Waals surface area contributed by atoms with E-state index in [-0.39, 0.29) is 11.9 Å². The molecule has 5 heteroatoms. The van der Waals surface area contributed by atoms with Crippen molar-refractivity contribution in [2.24, 2.45) is 0 Å². The van der Waals surface area contributed by atoms with Gasteiger partial charge in [-0.25, -0.2) is 4.98 Å². The highest BCUT2D eigenvalue weighted by molar-refractivity contribution is 7.18. The first kappa shape index (κ1) is 17.2. The highest BCUT2D eigenvalue weighted by Gasteiger charge is 2.28. The SMILES string of the molecule is CN1Cc2ccccc2CC1C(=O)NCCCc1nc2ccccc2s1. The summed E-state index contributed by atoms with van der Waals surface area (Å²) < 4.78 is 1.23. The standard InChI is InChI=1S/C21H23N3OS/c1-24-14-16-8-3-2-7-15(16)13-18(24)21(25)22-12-6-11-20-23-17-9-4-5-10-19(17)26-20/h2-5,7-10,18H,6,11-14H2,1H3,(H,22,25). The molecule has 0 bridgehead atoms. The number of fused-ring (bicyclic) bond motifs is 2. The Morgan fingerprint density at radius 2 is 1.96 bits per heavy atom. The molecule has 26 heavy (non-hydrogen) atoms. The Labute approximate surface area is 157 Å². The van der Waals surface area contributed by atoms with E-state index in [9.17, 15) is 4.79 Å². The maximum absolute atomic E-state index is 12.6. The van der Waals surface area contributed by atoms with Crippen LogP contribution in [0, 0.1) is 0 Å². The van der Waals surface area contributed by atoms with Gasteiger partial charge in [-0.1, -0.05) is 36.4 Å². The lowest BCUT2D eigenvalue weighted by atomic mass is 9.94. The summed E-state index contributed by atoms with van der Waals surface area (Å²) in [6.45, 7) is 1.53. The summed E-state index contributed by atoms with van der Waals surface area (Å²) >= 11 is 1.74. The van der Waals surface area contributed by atoms with Crippen molar-refractivity contribution in [1.82, 2.24) is 15.2 Å². The number of aromatic nitrogens is 1. The van der Waals surface area contributed by atoms with Crippen molar-refractivity contribution in [2.75, 3.05) is 13.6 Å². The molecule has 1 atom stereocenters. The Morgan fingerprint density at radius 1 is 1.19 bits per heavy atom. The zero-order valence-electron chi connectivity index (χ0n) is 14.9. The second-order valence-corrected chi connectivity index (χ2v) is 7.99. The lowest BCUT2D eigenvalue weighted by Crippen LogP contribution is -2.48.